The average Bonchev–Trinajstić information content (AvgIpc) is 2.84. The molecule has 1 aliphatic rings. The molecule has 0 amide bonds. The summed E-state index contributed by atoms with van der Waals surface area (Å²) < 4.78 is 7.58. The zero-order valence-corrected chi connectivity index (χ0v) is 15.9. The fourth-order valence-corrected chi connectivity index (χ4v) is 5.26. The van der Waals surface area contributed by atoms with Gasteiger partial charge in [-0.2, -0.15) is 0 Å². The van der Waals surface area contributed by atoms with Crippen LogP contribution in [0.15, 0.2) is 15.9 Å². The van der Waals surface area contributed by atoms with Crippen molar-refractivity contribution in [3.8, 4) is 0 Å². The van der Waals surface area contributed by atoms with Gasteiger partial charge in [0.1, 0.15) is 0 Å². The van der Waals surface area contributed by atoms with Gasteiger partial charge in [0.05, 0.1) is 9.39 Å². The van der Waals surface area contributed by atoms with Gasteiger partial charge in [-0.1, -0.05) is 26.7 Å². The molecule has 2 nitrogen and oxygen atoms in total. The summed E-state index contributed by atoms with van der Waals surface area (Å²) >= 11 is 5.42. The molecule has 0 bridgehead atoms. The van der Waals surface area contributed by atoms with Crippen LogP contribution >= 0.6 is 27.3 Å². The molecule has 1 aliphatic carbocycles. The van der Waals surface area contributed by atoms with Crippen LogP contribution in [0.1, 0.15) is 51.3 Å². The maximum absolute atomic E-state index is 6.36. The maximum atomic E-state index is 6.36. The van der Waals surface area contributed by atoms with E-state index in [1.54, 1.807) is 0 Å². The molecule has 1 fully saturated rings. The minimum absolute atomic E-state index is 0.0128. The van der Waals surface area contributed by atoms with Gasteiger partial charge in [-0.15, -0.1) is 11.3 Å². The van der Waals surface area contributed by atoms with Crippen molar-refractivity contribution < 1.29 is 4.74 Å². The molecule has 2 rings (SSSR count). The van der Waals surface area contributed by atoms with Crippen molar-refractivity contribution in [2.75, 3.05) is 13.2 Å². The van der Waals surface area contributed by atoms with Crippen LogP contribution < -0.4 is 5.32 Å². The van der Waals surface area contributed by atoms with Crippen molar-refractivity contribution >= 4 is 27.3 Å². The first-order chi connectivity index (χ1) is 10.1. The van der Waals surface area contributed by atoms with Crippen molar-refractivity contribution in [1.82, 2.24) is 5.32 Å². The Labute approximate surface area is 141 Å². The molecule has 3 atom stereocenters. The van der Waals surface area contributed by atoms with E-state index in [2.05, 4.69) is 54.2 Å². The van der Waals surface area contributed by atoms with Crippen molar-refractivity contribution in [3.05, 3.63) is 20.8 Å². The number of rotatable bonds is 7. The molecule has 1 saturated carbocycles. The highest BCUT2D eigenvalue weighted by atomic mass is 79.9. The second kappa shape index (κ2) is 8.09. The highest BCUT2D eigenvalue weighted by Crippen LogP contribution is 2.39. The molecule has 0 aromatic carbocycles. The van der Waals surface area contributed by atoms with Crippen LogP contribution in [0.2, 0.25) is 0 Å². The fraction of sp³-hybridized carbons (Fsp3) is 0.765. The van der Waals surface area contributed by atoms with Gasteiger partial charge in [0, 0.05) is 17.5 Å². The van der Waals surface area contributed by atoms with Crippen LogP contribution in [0.25, 0.3) is 0 Å². The van der Waals surface area contributed by atoms with Crippen LogP contribution in [0.4, 0.5) is 0 Å². The molecular weight excluding hydrogens is 346 g/mol. The summed E-state index contributed by atoms with van der Waals surface area (Å²) in [6.45, 7) is 8.51. The van der Waals surface area contributed by atoms with Crippen LogP contribution in [0, 0.1) is 5.92 Å². The van der Waals surface area contributed by atoms with Crippen LogP contribution in [0.3, 0.4) is 0 Å². The van der Waals surface area contributed by atoms with Gasteiger partial charge in [-0.05, 0) is 66.7 Å². The van der Waals surface area contributed by atoms with E-state index in [-0.39, 0.29) is 5.60 Å². The highest BCUT2D eigenvalue weighted by molar-refractivity contribution is 9.11. The zero-order valence-electron chi connectivity index (χ0n) is 13.5. The normalized spacial score (nSPS) is 27.7. The number of ether oxygens (including phenoxy) is 1. The van der Waals surface area contributed by atoms with E-state index in [9.17, 15) is 0 Å². The lowest BCUT2D eigenvalue weighted by Crippen LogP contribution is -2.55. The first-order valence-electron chi connectivity index (χ1n) is 8.21. The molecular formula is C17H28BrNOS. The minimum atomic E-state index is 0.0128. The predicted molar refractivity (Wildman–Crippen MR) is 95.2 cm³/mol. The number of nitrogens with one attached hydrogen (secondary N) is 1. The smallest absolute Gasteiger partial charge is 0.0840 e. The van der Waals surface area contributed by atoms with Crippen molar-refractivity contribution in [1.29, 1.82) is 0 Å². The van der Waals surface area contributed by atoms with Gasteiger partial charge in [-0.3, -0.25) is 0 Å². The summed E-state index contributed by atoms with van der Waals surface area (Å²) in [4.78, 5) is 1.44. The molecule has 3 unspecified atom stereocenters. The average molecular weight is 374 g/mol. The lowest BCUT2D eigenvalue weighted by Gasteiger charge is -2.45. The first-order valence-corrected chi connectivity index (χ1v) is 9.82. The Balaban J connectivity index is 2.18. The Hall–Kier alpha value is 0.1000. The largest absolute Gasteiger partial charge is 0.374 e. The Morgan fingerprint density at radius 2 is 2.29 bits per heavy atom. The summed E-state index contributed by atoms with van der Waals surface area (Å²) in [5, 5.41) is 3.72. The highest BCUT2D eigenvalue weighted by Gasteiger charge is 2.42. The van der Waals surface area contributed by atoms with Gasteiger partial charge >= 0.3 is 0 Å². The standard InChI is InChI=1S/C17H28BrNOS/c1-4-19-15(11-14-8-9-16(18)21-14)17(20-5-2)10-6-7-13(3)12-17/h8-9,13,15,19H,4-7,10-12H2,1-3H3. The fourth-order valence-electron chi connectivity index (χ4n) is 3.73. The van der Waals surface area contributed by atoms with E-state index in [1.807, 2.05) is 11.3 Å². The number of hydrogen-bond acceptors (Lipinski definition) is 3. The van der Waals surface area contributed by atoms with E-state index in [1.165, 1.54) is 34.3 Å². The molecule has 0 radical (unpaired) electrons. The first kappa shape index (κ1) is 17.5. The molecule has 4 heteroatoms. The van der Waals surface area contributed by atoms with E-state index in [0.29, 0.717) is 6.04 Å². The summed E-state index contributed by atoms with van der Waals surface area (Å²) in [5.41, 5.74) is 0.0128. The van der Waals surface area contributed by atoms with Crippen LogP contribution in [-0.2, 0) is 11.2 Å². The topological polar surface area (TPSA) is 21.3 Å². The monoisotopic (exact) mass is 373 g/mol. The third-order valence-corrected chi connectivity index (χ3v) is 6.19. The summed E-state index contributed by atoms with van der Waals surface area (Å²) in [6.07, 6.45) is 6.08. The Kier molecular flexibility index (Phi) is 6.73. The van der Waals surface area contributed by atoms with E-state index in [4.69, 9.17) is 4.74 Å². The molecule has 21 heavy (non-hydrogen) atoms. The summed E-state index contributed by atoms with van der Waals surface area (Å²) in [7, 11) is 0. The molecule has 0 spiro atoms. The molecule has 1 aromatic heterocycles. The van der Waals surface area contributed by atoms with Gasteiger partial charge in [0.25, 0.3) is 0 Å². The second-order valence-electron chi connectivity index (χ2n) is 6.22. The molecule has 1 heterocycles. The van der Waals surface area contributed by atoms with Crippen LogP contribution in [-0.4, -0.2) is 24.8 Å². The van der Waals surface area contributed by atoms with E-state index >= 15 is 0 Å². The molecule has 1 N–H and O–H groups in total. The van der Waals surface area contributed by atoms with Gasteiger partial charge in [0.15, 0.2) is 0 Å². The van der Waals surface area contributed by atoms with Crippen LogP contribution in [0.5, 0.6) is 0 Å². The summed E-state index contributed by atoms with van der Waals surface area (Å²) in [5.74, 6) is 0.765. The molecule has 120 valence electrons. The minimum Gasteiger partial charge on any atom is -0.374 e. The van der Waals surface area contributed by atoms with Crippen molar-refractivity contribution in [3.63, 3.8) is 0 Å². The maximum Gasteiger partial charge on any atom is 0.0840 e. The summed E-state index contributed by atoms with van der Waals surface area (Å²) in [6, 6.07) is 4.81. The van der Waals surface area contributed by atoms with Crippen molar-refractivity contribution in [2.45, 2.75) is 64.5 Å². The van der Waals surface area contributed by atoms with Gasteiger partial charge < -0.3 is 10.1 Å². The number of hydrogen-bond donors (Lipinski definition) is 1. The van der Waals surface area contributed by atoms with E-state index in [0.717, 1.165) is 25.5 Å². The van der Waals surface area contributed by atoms with Crippen molar-refractivity contribution in [2.24, 2.45) is 5.92 Å². The SMILES string of the molecule is CCNC(Cc1ccc(Br)s1)C1(OCC)CCCC(C)C1. The van der Waals surface area contributed by atoms with Gasteiger partial charge in [0.2, 0.25) is 0 Å². The third kappa shape index (κ3) is 4.54. The predicted octanol–water partition coefficient (Wildman–Crippen LogP) is 5.02. The molecule has 1 aromatic rings. The number of halogens is 1. The Bertz CT molecular complexity index is 432. The number of thiophene rings is 1. The Morgan fingerprint density at radius 3 is 2.86 bits per heavy atom. The quantitative estimate of drug-likeness (QED) is 0.724. The lowest BCUT2D eigenvalue weighted by molar-refractivity contribution is -0.0997. The zero-order chi connectivity index (χ0) is 15.3. The van der Waals surface area contributed by atoms with E-state index < -0.39 is 0 Å². The Morgan fingerprint density at radius 1 is 1.48 bits per heavy atom. The second-order valence-corrected chi connectivity index (χ2v) is 8.77. The number of likely N-dealkylation sites (N-methyl/N-ethyl adjacent to an activating group) is 1. The lowest BCUT2D eigenvalue weighted by atomic mass is 9.73. The third-order valence-electron chi connectivity index (χ3n) is 4.54. The molecule has 0 saturated heterocycles. The molecule has 0 aliphatic heterocycles. The van der Waals surface area contributed by atoms with Gasteiger partial charge in [-0.25, -0.2) is 0 Å².